The quantitative estimate of drug-likeness (QED) is 0.577. The van der Waals surface area contributed by atoms with Gasteiger partial charge in [-0.1, -0.05) is 18.2 Å². The van der Waals surface area contributed by atoms with E-state index in [1.54, 1.807) is 30.9 Å². The van der Waals surface area contributed by atoms with Gasteiger partial charge in [-0.25, -0.2) is 0 Å². The lowest BCUT2D eigenvalue weighted by atomic mass is 9.93. The van der Waals surface area contributed by atoms with Crippen LogP contribution in [-0.4, -0.2) is 28.6 Å². The van der Waals surface area contributed by atoms with Gasteiger partial charge in [-0.15, -0.1) is 24.8 Å². The van der Waals surface area contributed by atoms with E-state index in [1.807, 2.05) is 18.3 Å². The number of nitrogens with one attached hydrogen (secondary N) is 1. The number of halogens is 2. The number of hydrogen-bond acceptors (Lipinski definition) is 6. The number of fused-ring (bicyclic) bond motifs is 1. The Bertz CT molecular complexity index is 1370. The summed E-state index contributed by atoms with van der Waals surface area (Å²) in [7, 11) is 0. The van der Waals surface area contributed by atoms with Crippen LogP contribution in [0.1, 0.15) is 23.6 Å². The fraction of sp³-hybridized carbons (Fsp3) is 0.130. The number of aromatic nitrogens is 1. The predicted molar refractivity (Wildman–Crippen MR) is 126 cm³/mol. The third kappa shape index (κ3) is 2.97. The van der Waals surface area contributed by atoms with Crippen LogP contribution in [0.25, 0.3) is 16.5 Å². The van der Waals surface area contributed by atoms with Gasteiger partial charge in [0.15, 0.2) is 0 Å². The Morgan fingerprint density at radius 3 is 2.72 bits per heavy atom. The van der Waals surface area contributed by atoms with Crippen molar-refractivity contribution in [1.29, 1.82) is 0 Å². The smallest absolute Gasteiger partial charge is 0.261 e. The van der Waals surface area contributed by atoms with Gasteiger partial charge >= 0.3 is 0 Å². The molecule has 0 fully saturated rings. The maximum Gasteiger partial charge on any atom is 0.261 e. The van der Waals surface area contributed by atoms with E-state index >= 15 is 0 Å². The van der Waals surface area contributed by atoms with Gasteiger partial charge in [0.05, 0.1) is 28.8 Å². The lowest BCUT2D eigenvalue weighted by Crippen LogP contribution is -2.26. The summed E-state index contributed by atoms with van der Waals surface area (Å²) in [4.78, 5) is 36.8. The number of rotatable bonds is 2. The third-order valence-corrected chi connectivity index (χ3v) is 5.85. The molecular formula is C23H18Cl2N4O3. The zero-order valence-electron chi connectivity index (χ0n) is 16.9. The normalized spacial score (nSPS) is 18.7. The van der Waals surface area contributed by atoms with E-state index in [0.717, 1.165) is 23.1 Å². The summed E-state index contributed by atoms with van der Waals surface area (Å²) in [5, 5.41) is 3.19. The van der Waals surface area contributed by atoms with E-state index in [1.165, 1.54) is 5.56 Å². The first-order valence-electron chi connectivity index (χ1n) is 9.70. The number of carbonyl (C=O) groups is 2. The molecule has 9 heteroatoms. The van der Waals surface area contributed by atoms with Gasteiger partial charge in [0.1, 0.15) is 5.58 Å². The number of benzene rings is 1. The molecule has 3 aliphatic rings. The van der Waals surface area contributed by atoms with Gasteiger partial charge in [-0.05, 0) is 25.0 Å². The topological polar surface area (TPSA) is 87.8 Å². The molecule has 0 radical (unpaired) electrons. The molecule has 6 rings (SSSR count). The summed E-state index contributed by atoms with van der Waals surface area (Å²) in [6, 6.07) is 8.07. The molecule has 3 aliphatic heterocycles. The van der Waals surface area contributed by atoms with Crippen LogP contribution >= 0.6 is 24.8 Å². The molecular weight excluding hydrogens is 451 g/mol. The summed E-state index contributed by atoms with van der Waals surface area (Å²) >= 11 is 0. The number of furan rings is 1. The highest BCUT2D eigenvalue weighted by Gasteiger charge is 2.39. The lowest BCUT2D eigenvalue weighted by Gasteiger charge is -2.21. The van der Waals surface area contributed by atoms with Crippen molar-refractivity contribution in [2.24, 2.45) is 4.99 Å². The molecule has 0 spiro atoms. The van der Waals surface area contributed by atoms with E-state index in [9.17, 15) is 9.59 Å². The Morgan fingerprint density at radius 1 is 1.06 bits per heavy atom. The molecule has 0 saturated heterocycles. The standard InChI is InChI=1S/C23H16N4O3.2ClH/c1-12-9-13-3-2-4-15-19(25-6-7-27(12)20(13)15)18-17(22(28)26-23(18)29)16-11-24-10-14-5-8-30-21(14)16;;/h2-8,10-12H,9H2,1H3,(H,26,28,29);2*1H. The van der Waals surface area contributed by atoms with Crippen LogP contribution in [0.5, 0.6) is 0 Å². The summed E-state index contributed by atoms with van der Waals surface area (Å²) in [6.45, 7) is 2.15. The molecule has 1 N–H and O–H groups in total. The van der Waals surface area contributed by atoms with Gasteiger partial charge in [0, 0.05) is 47.3 Å². The van der Waals surface area contributed by atoms with E-state index in [2.05, 4.69) is 33.2 Å². The van der Waals surface area contributed by atoms with Gasteiger partial charge in [-0.2, -0.15) is 0 Å². The fourth-order valence-electron chi connectivity index (χ4n) is 4.57. The monoisotopic (exact) mass is 468 g/mol. The molecule has 162 valence electrons. The SMILES string of the molecule is CC1Cc2cccc3c2N1C=CN=C3C1=C(c2cncc3ccoc23)C(=O)NC1=O.Cl.Cl. The summed E-state index contributed by atoms with van der Waals surface area (Å²) in [6.07, 6.45) is 9.28. The minimum absolute atomic E-state index is 0. The Labute approximate surface area is 195 Å². The van der Waals surface area contributed by atoms with Crippen LogP contribution in [0, 0.1) is 0 Å². The van der Waals surface area contributed by atoms with Crippen molar-refractivity contribution in [3.63, 3.8) is 0 Å². The minimum atomic E-state index is -0.477. The molecule has 1 aromatic carbocycles. The second kappa shape index (κ2) is 7.93. The highest BCUT2D eigenvalue weighted by molar-refractivity contribution is 6.48. The Hall–Kier alpha value is -3.42. The van der Waals surface area contributed by atoms with Crippen LogP contribution in [0.3, 0.4) is 0 Å². The number of amides is 2. The van der Waals surface area contributed by atoms with Crippen molar-refractivity contribution in [1.82, 2.24) is 10.3 Å². The van der Waals surface area contributed by atoms with Crippen molar-refractivity contribution < 1.29 is 14.0 Å². The summed E-state index contributed by atoms with van der Waals surface area (Å²) in [5.41, 5.74) is 5.00. The number of imide groups is 1. The molecule has 7 nitrogen and oxygen atoms in total. The summed E-state index contributed by atoms with van der Waals surface area (Å²) < 4.78 is 5.61. The third-order valence-electron chi connectivity index (χ3n) is 5.85. The average Bonchev–Trinajstić information content (AvgIpc) is 3.36. The van der Waals surface area contributed by atoms with Gasteiger partial charge in [0.2, 0.25) is 0 Å². The van der Waals surface area contributed by atoms with Gasteiger partial charge in [0.25, 0.3) is 11.8 Å². The molecule has 2 amide bonds. The number of carbonyl (C=O) groups excluding carboxylic acids is 2. The molecule has 32 heavy (non-hydrogen) atoms. The second-order valence-electron chi connectivity index (χ2n) is 7.61. The lowest BCUT2D eigenvalue weighted by molar-refractivity contribution is -0.123. The Kier molecular flexibility index (Phi) is 5.40. The fourth-order valence-corrected chi connectivity index (χ4v) is 4.57. The molecule has 1 atom stereocenters. The first-order chi connectivity index (χ1) is 14.6. The van der Waals surface area contributed by atoms with E-state index in [0.29, 0.717) is 22.9 Å². The minimum Gasteiger partial charge on any atom is -0.464 e. The van der Waals surface area contributed by atoms with Crippen LogP contribution in [0.2, 0.25) is 0 Å². The molecule has 1 unspecified atom stereocenters. The first-order valence-corrected chi connectivity index (χ1v) is 9.70. The van der Waals surface area contributed by atoms with Crippen molar-refractivity contribution >= 4 is 64.6 Å². The summed E-state index contributed by atoms with van der Waals surface area (Å²) in [5.74, 6) is -0.947. The zero-order valence-corrected chi connectivity index (χ0v) is 18.5. The van der Waals surface area contributed by atoms with Crippen molar-refractivity contribution in [3.05, 3.63) is 77.6 Å². The largest absolute Gasteiger partial charge is 0.464 e. The molecule has 5 heterocycles. The first kappa shape index (κ1) is 21.8. The van der Waals surface area contributed by atoms with Crippen molar-refractivity contribution in [2.75, 3.05) is 4.90 Å². The van der Waals surface area contributed by atoms with Crippen LogP contribution < -0.4 is 10.2 Å². The molecule has 3 aromatic rings. The van der Waals surface area contributed by atoms with Gasteiger partial charge in [-0.3, -0.25) is 24.9 Å². The van der Waals surface area contributed by atoms with Crippen LogP contribution in [0.15, 0.2) is 70.3 Å². The molecule has 2 aromatic heterocycles. The van der Waals surface area contributed by atoms with E-state index < -0.39 is 11.8 Å². The number of para-hydroxylation sites is 1. The maximum absolute atomic E-state index is 13.0. The average molecular weight is 469 g/mol. The van der Waals surface area contributed by atoms with E-state index in [4.69, 9.17) is 4.42 Å². The second-order valence-corrected chi connectivity index (χ2v) is 7.61. The van der Waals surface area contributed by atoms with Crippen LogP contribution in [0.4, 0.5) is 5.69 Å². The predicted octanol–water partition coefficient (Wildman–Crippen LogP) is 3.81. The number of pyridine rings is 1. The molecule has 0 bridgehead atoms. The van der Waals surface area contributed by atoms with Crippen LogP contribution in [-0.2, 0) is 16.0 Å². The molecule has 0 aliphatic carbocycles. The highest BCUT2D eigenvalue weighted by Crippen LogP contribution is 2.40. The zero-order chi connectivity index (χ0) is 20.4. The van der Waals surface area contributed by atoms with Gasteiger partial charge < -0.3 is 9.32 Å². The maximum atomic E-state index is 13.0. The number of anilines is 1. The van der Waals surface area contributed by atoms with Crippen molar-refractivity contribution in [3.8, 4) is 0 Å². The highest BCUT2D eigenvalue weighted by atomic mass is 35.5. The number of nitrogens with zero attached hydrogens (tertiary/aromatic N) is 3. The van der Waals surface area contributed by atoms with Crippen molar-refractivity contribution in [2.45, 2.75) is 19.4 Å². The Morgan fingerprint density at radius 2 is 1.88 bits per heavy atom. The van der Waals surface area contributed by atoms with E-state index in [-0.39, 0.29) is 36.0 Å². The Balaban J connectivity index is 0.00000122. The number of hydrogen-bond donors (Lipinski definition) is 1. The number of aliphatic imine (C=N–C) groups is 1. The molecule has 0 saturated carbocycles.